The van der Waals surface area contributed by atoms with Crippen molar-refractivity contribution in [3.8, 4) is 0 Å². The monoisotopic (exact) mass is 1130 g/mol. The van der Waals surface area contributed by atoms with E-state index in [1.165, 1.54) is 83.5 Å². The van der Waals surface area contributed by atoms with E-state index in [1.54, 1.807) is 0 Å². The molecule has 0 aliphatic heterocycles. The Morgan fingerprint density at radius 2 is 0.713 bits per heavy atom. The molecule has 0 heterocycles. The maximum atomic E-state index is 12.8. The van der Waals surface area contributed by atoms with Crippen LogP contribution in [-0.2, 0) is 32.7 Å². The number of carbonyl (C=O) groups excluding carboxylic acids is 2. The predicted molar refractivity (Wildman–Crippen MR) is 344 cm³/mol. The van der Waals surface area contributed by atoms with Crippen LogP contribution in [0.2, 0.25) is 0 Å². The summed E-state index contributed by atoms with van der Waals surface area (Å²) in [6, 6.07) is 0. The fourth-order valence-electron chi connectivity index (χ4n) is 8.27. The first kappa shape index (κ1) is 76.1. The van der Waals surface area contributed by atoms with E-state index in [2.05, 4.69) is 148 Å². The summed E-state index contributed by atoms with van der Waals surface area (Å²) in [4.78, 5) is 35.7. The van der Waals surface area contributed by atoms with Crippen LogP contribution in [0.3, 0.4) is 0 Å². The van der Waals surface area contributed by atoms with E-state index < -0.39 is 26.5 Å². The van der Waals surface area contributed by atoms with Crippen LogP contribution >= 0.6 is 7.82 Å². The van der Waals surface area contributed by atoms with E-state index in [0.29, 0.717) is 17.4 Å². The van der Waals surface area contributed by atoms with Gasteiger partial charge in [-0.1, -0.05) is 250 Å². The third-order valence-electron chi connectivity index (χ3n) is 13.2. The highest BCUT2D eigenvalue weighted by atomic mass is 31.2. The number of phosphoric ester groups is 1. The van der Waals surface area contributed by atoms with Gasteiger partial charge in [-0.15, -0.1) is 0 Å². The quantitative estimate of drug-likeness (QED) is 0.0211. The molecule has 10 heteroatoms. The zero-order chi connectivity index (χ0) is 58.4. The Labute approximate surface area is 491 Å². The summed E-state index contributed by atoms with van der Waals surface area (Å²) in [5, 5.41) is 0. The van der Waals surface area contributed by atoms with Crippen LogP contribution in [-0.4, -0.2) is 74.9 Å². The number of carbonyl (C=O) groups is 2. The molecule has 0 aliphatic carbocycles. The largest absolute Gasteiger partial charge is 0.472 e. The van der Waals surface area contributed by atoms with Crippen molar-refractivity contribution in [3.05, 3.63) is 134 Å². The Morgan fingerprint density at radius 3 is 1.07 bits per heavy atom. The smallest absolute Gasteiger partial charge is 0.462 e. The van der Waals surface area contributed by atoms with E-state index in [4.69, 9.17) is 18.5 Å². The Morgan fingerprint density at radius 1 is 0.400 bits per heavy atom. The van der Waals surface area contributed by atoms with Gasteiger partial charge in [0.25, 0.3) is 0 Å². The number of nitrogens with zero attached hydrogens (tertiary/aromatic N) is 1. The van der Waals surface area contributed by atoms with Gasteiger partial charge in [0.15, 0.2) is 6.10 Å². The Balaban J connectivity index is 4.08. The first-order chi connectivity index (χ1) is 39.0. The first-order valence-corrected chi connectivity index (χ1v) is 33.4. The molecule has 0 rings (SSSR count). The average molecular weight is 1130 g/mol. The van der Waals surface area contributed by atoms with Crippen molar-refractivity contribution < 1.29 is 42.1 Å². The summed E-state index contributed by atoms with van der Waals surface area (Å²) in [5.74, 6) is -0.817. The molecule has 456 valence electrons. The lowest BCUT2D eigenvalue weighted by Crippen LogP contribution is -2.37. The number of hydrogen-bond acceptors (Lipinski definition) is 7. The van der Waals surface area contributed by atoms with E-state index in [-0.39, 0.29) is 32.0 Å². The van der Waals surface area contributed by atoms with Gasteiger partial charge < -0.3 is 18.9 Å². The van der Waals surface area contributed by atoms with Gasteiger partial charge in [0, 0.05) is 12.8 Å². The van der Waals surface area contributed by atoms with Crippen LogP contribution in [0.5, 0.6) is 0 Å². The SMILES string of the molecule is CC/C=C\C/C=C\C/C=C\C/C=C\C/C=C\C/C=C\C/C=C\C/C=C\C/C=C\C/C=C\CCCCCCCCCCCCC(=O)OC(COC(=O)CCCCCCC/C=C\CCCCCCCC)COP(=O)(O)OCC[N+](C)(C)C. The fourth-order valence-corrected chi connectivity index (χ4v) is 9.01. The number of phosphoric acid groups is 1. The number of ether oxygens (including phenoxy) is 2. The second-order valence-electron chi connectivity index (χ2n) is 22.1. The summed E-state index contributed by atoms with van der Waals surface area (Å²) >= 11 is 0. The molecule has 0 bridgehead atoms. The van der Waals surface area contributed by atoms with E-state index in [0.717, 1.165) is 128 Å². The van der Waals surface area contributed by atoms with Crippen molar-refractivity contribution in [3.63, 3.8) is 0 Å². The highest BCUT2D eigenvalue weighted by Gasteiger charge is 2.27. The van der Waals surface area contributed by atoms with Gasteiger partial charge in [0.05, 0.1) is 27.7 Å². The minimum atomic E-state index is -4.40. The molecular weight excluding hydrogens is 1010 g/mol. The van der Waals surface area contributed by atoms with Gasteiger partial charge in [-0.05, 0) is 116 Å². The van der Waals surface area contributed by atoms with Gasteiger partial charge in [0.2, 0.25) is 0 Å². The normalized spacial score (nSPS) is 14.1. The molecule has 0 spiro atoms. The highest BCUT2D eigenvalue weighted by Crippen LogP contribution is 2.43. The molecule has 1 N–H and O–H groups in total. The molecule has 80 heavy (non-hydrogen) atoms. The minimum absolute atomic E-state index is 0.0242. The minimum Gasteiger partial charge on any atom is -0.462 e. The first-order valence-electron chi connectivity index (χ1n) is 31.9. The molecule has 0 fully saturated rings. The third kappa shape index (κ3) is 63.3. The Bertz CT molecular complexity index is 1810. The molecule has 0 aromatic carbocycles. The van der Waals surface area contributed by atoms with Gasteiger partial charge in [-0.25, -0.2) is 4.57 Å². The number of allylic oxidation sites excluding steroid dienone is 22. The van der Waals surface area contributed by atoms with Crippen LogP contribution in [0, 0.1) is 0 Å². The molecule has 0 aliphatic rings. The van der Waals surface area contributed by atoms with Crippen molar-refractivity contribution in [2.24, 2.45) is 0 Å². The molecule has 0 saturated heterocycles. The van der Waals surface area contributed by atoms with Crippen molar-refractivity contribution in [2.45, 2.75) is 251 Å². The molecule has 2 atom stereocenters. The van der Waals surface area contributed by atoms with Crippen molar-refractivity contribution in [2.75, 3.05) is 47.5 Å². The van der Waals surface area contributed by atoms with Crippen LogP contribution < -0.4 is 0 Å². The molecule has 0 aromatic heterocycles. The zero-order valence-corrected chi connectivity index (χ0v) is 52.7. The molecule has 2 unspecified atom stereocenters. The molecule has 0 aromatic rings. The molecule has 9 nitrogen and oxygen atoms in total. The Hall–Kier alpha value is -3.85. The maximum absolute atomic E-state index is 12.8. The van der Waals surface area contributed by atoms with Crippen molar-refractivity contribution >= 4 is 19.8 Å². The van der Waals surface area contributed by atoms with Crippen LogP contribution in [0.25, 0.3) is 0 Å². The van der Waals surface area contributed by atoms with Crippen LogP contribution in [0.15, 0.2) is 134 Å². The number of hydrogen-bond donors (Lipinski definition) is 1. The summed E-state index contributed by atoms with van der Waals surface area (Å²) < 4.78 is 34.6. The lowest BCUT2D eigenvalue weighted by atomic mass is 10.0. The van der Waals surface area contributed by atoms with E-state index >= 15 is 0 Å². The maximum Gasteiger partial charge on any atom is 0.472 e. The van der Waals surface area contributed by atoms with Crippen molar-refractivity contribution in [1.29, 1.82) is 0 Å². The number of quaternary nitrogens is 1. The van der Waals surface area contributed by atoms with E-state index in [9.17, 15) is 19.0 Å². The summed E-state index contributed by atoms with van der Waals surface area (Å²) in [6.45, 7) is 4.29. The number of esters is 2. The summed E-state index contributed by atoms with van der Waals surface area (Å²) in [5.41, 5.74) is 0. The standard InChI is InChI=1S/C70H118NO8P/c1-6-8-10-12-14-16-18-20-22-23-24-25-26-27-28-29-30-31-32-33-34-35-36-37-38-39-40-41-42-43-44-45-46-47-49-51-53-55-57-59-61-63-70(73)79-68(67-78-80(74,75)77-65-64-71(3,4)5)66-76-69(72)62-60-58-56-54-52-50-48-21-19-17-15-13-11-9-7-2/h8,10,14,16,20-22,24-25,27-28,30-31,33-34,36-37,39-40,42-43,48,68H,6-7,9,11-13,15,17-19,23,26,29,32,35,38,41,44-47,49-67H2,1-5H3/p+1/b10-8-,16-14-,22-20-,25-24-,28-27-,31-30-,34-33-,37-36-,40-39-,43-42-,48-21-. The Kier molecular flexibility index (Phi) is 56.9. The van der Waals surface area contributed by atoms with Gasteiger partial charge >= 0.3 is 19.8 Å². The second-order valence-corrected chi connectivity index (χ2v) is 23.5. The topological polar surface area (TPSA) is 108 Å². The van der Waals surface area contributed by atoms with Gasteiger partial charge in [-0.2, -0.15) is 0 Å². The van der Waals surface area contributed by atoms with Crippen LogP contribution in [0.4, 0.5) is 0 Å². The molecular formula is C70H119NO8P+. The third-order valence-corrected chi connectivity index (χ3v) is 14.1. The van der Waals surface area contributed by atoms with Gasteiger partial charge in [0.1, 0.15) is 19.8 Å². The summed E-state index contributed by atoms with van der Waals surface area (Å²) in [6.07, 6.45) is 86.8. The second kappa shape index (κ2) is 59.8. The number of unbranched alkanes of at least 4 members (excludes halogenated alkanes) is 21. The number of rotatable bonds is 57. The van der Waals surface area contributed by atoms with Gasteiger partial charge in [-0.3, -0.25) is 18.6 Å². The number of likely N-dealkylation sites (N-methyl/N-ethyl adjacent to an activating group) is 1. The highest BCUT2D eigenvalue weighted by molar-refractivity contribution is 7.47. The van der Waals surface area contributed by atoms with Crippen molar-refractivity contribution in [1.82, 2.24) is 0 Å². The zero-order valence-electron chi connectivity index (χ0n) is 51.8. The lowest BCUT2D eigenvalue weighted by Gasteiger charge is -2.24. The predicted octanol–water partition coefficient (Wildman–Crippen LogP) is 20.5. The molecule has 0 amide bonds. The average Bonchev–Trinajstić information content (AvgIpc) is 3.42. The van der Waals surface area contributed by atoms with Crippen LogP contribution in [0.1, 0.15) is 245 Å². The summed E-state index contributed by atoms with van der Waals surface area (Å²) in [7, 11) is 1.46. The molecule has 0 radical (unpaired) electrons. The lowest BCUT2D eigenvalue weighted by molar-refractivity contribution is -0.870. The molecule has 0 saturated carbocycles. The van der Waals surface area contributed by atoms with E-state index in [1.807, 2.05) is 21.1 Å². The fraction of sp³-hybridized carbons (Fsp3) is 0.657.